The van der Waals surface area contributed by atoms with E-state index in [0.29, 0.717) is 0 Å². The van der Waals surface area contributed by atoms with Crippen molar-refractivity contribution in [3.05, 3.63) is 36.7 Å². The second-order valence-corrected chi connectivity index (χ2v) is 2.62. The molecule has 0 amide bonds. The zero-order chi connectivity index (χ0) is 7.97. The summed E-state index contributed by atoms with van der Waals surface area (Å²) < 4.78 is 3.47. The van der Waals surface area contributed by atoms with E-state index in [2.05, 4.69) is 10.2 Å². The summed E-state index contributed by atoms with van der Waals surface area (Å²) >= 11 is 0. The zero-order valence-corrected chi connectivity index (χ0v) is 6.25. The molecule has 0 unspecified atom stereocenters. The van der Waals surface area contributed by atoms with Gasteiger partial charge < -0.3 is 0 Å². The average molecular weight is 158 g/mol. The Morgan fingerprint density at radius 1 is 1.33 bits per heavy atom. The molecule has 0 aliphatic carbocycles. The van der Waals surface area contributed by atoms with Gasteiger partial charge in [0.15, 0.2) is 0 Å². The first-order valence-corrected chi connectivity index (χ1v) is 3.72. The molecule has 0 N–H and O–H groups in total. The summed E-state index contributed by atoms with van der Waals surface area (Å²) in [5, 5.41) is 8.27. The van der Waals surface area contributed by atoms with E-state index in [9.17, 15) is 0 Å². The number of benzene rings is 1. The third-order valence-corrected chi connectivity index (χ3v) is 1.90. The van der Waals surface area contributed by atoms with Crippen molar-refractivity contribution in [3.8, 4) is 0 Å². The Labute approximate surface area is 68.0 Å². The van der Waals surface area contributed by atoms with Gasteiger partial charge in [0.05, 0.1) is 11.0 Å². The molecule has 1 aromatic carbocycles. The highest BCUT2D eigenvalue weighted by Gasteiger charge is 2.01. The lowest BCUT2D eigenvalue weighted by molar-refractivity contribution is -0.729. The van der Waals surface area contributed by atoms with E-state index in [1.807, 2.05) is 35.0 Å². The normalized spacial score (nSPS) is 11.3. The van der Waals surface area contributed by atoms with Gasteiger partial charge in [-0.2, -0.15) is 4.52 Å². The largest absolute Gasteiger partial charge is 0.165 e. The Kier molecular flexibility index (Phi) is 0.889. The van der Waals surface area contributed by atoms with Gasteiger partial charge in [0.25, 0.3) is 0 Å². The number of para-hydroxylation sites is 1. The van der Waals surface area contributed by atoms with Crippen molar-refractivity contribution in [1.82, 2.24) is 14.7 Å². The van der Waals surface area contributed by atoms with Gasteiger partial charge in [-0.1, -0.05) is 22.3 Å². The van der Waals surface area contributed by atoms with Crippen LogP contribution in [0.2, 0.25) is 0 Å². The van der Waals surface area contributed by atoms with Gasteiger partial charge in [-0.15, -0.1) is 0 Å². The molecule has 0 saturated carbocycles. The molecule has 0 radical (unpaired) electrons. The van der Waals surface area contributed by atoms with E-state index in [4.69, 9.17) is 0 Å². The van der Waals surface area contributed by atoms with Crippen LogP contribution in [0.1, 0.15) is 0 Å². The van der Waals surface area contributed by atoms with Crippen LogP contribution in [0.5, 0.6) is 0 Å². The smallest absolute Gasteiger partial charge is 0.0728 e. The lowest BCUT2D eigenvalue weighted by Gasteiger charge is -1.84. The van der Waals surface area contributed by atoms with E-state index < -0.39 is 0 Å². The fourth-order valence-electron chi connectivity index (χ4n) is 1.36. The van der Waals surface area contributed by atoms with E-state index in [0.717, 1.165) is 11.0 Å². The summed E-state index contributed by atoms with van der Waals surface area (Å²) in [5.41, 5.74) is 2.04. The van der Waals surface area contributed by atoms with Crippen molar-refractivity contribution in [2.75, 3.05) is 0 Å². The summed E-state index contributed by atoms with van der Waals surface area (Å²) in [4.78, 5) is 0. The van der Waals surface area contributed by atoms with Gasteiger partial charge in [0, 0.05) is 12.4 Å². The SMILES string of the molecule is c1ccc2c(c1)n[n+]1[n-]ccn21. The van der Waals surface area contributed by atoms with Crippen molar-refractivity contribution in [3.63, 3.8) is 0 Å². The van der Waals surface area contributed by atoms with E-state index in [-0.39, 0.29) is 0 Å². The standard InChI is InChI=1S/C8H6N4/c1-2-4-8-7(3-1)10-12-9-5-6-11(8)12/h1-6H. The van der Waals surface area contributed by atoms with Gasteiger partial charge in [0.1, 0.15) is 0 Å². The minimum absolute atomic E-state index is 0.964. The highest BCUT2D eigenvalue weighted by Crippen LogP contribution is 2.06. The highest BCUT2D eigenvalue weighted by molar-refractivity contribution is 5.72. The van der Waals surface area contributed by atoms with E-state index in [1.165, 1.54) is 0 Å². The van der Waals surface area contributed by atoms with Crippen LogP contribution in [0.15, 0.2) is 36.7 Å². The Hall–Kier alpha value is -1.84. The number of fused-ring (bicyclic) bond motifs is 3. The second kappa shape index (κ2) is 1.85. The Morgan fingerprint density at radius 2 is 2.25 bits per heavy atom. The molecule has 0 atom stereocenters. The molecule has 3 rings (SSSR count). The first-order valence-electron chi connectivity index (χ1n) is 3.72. The summed E-state index contributed by atoms with van der Waals surface area (Å²) in [7, 11) is 0. The molecule has 2 heterocycles. The second-order valence-electron chi connectivity index (χ2n) is 2.62. The van der Waals surface area contributed by atoms with E-state index in [1.54, 1.807) is 10.9 Å². The quantitative estimate of drug-likeness (QED) is 0.433. The van der Waals surface area contributed by atoms with Crippen LogP contribution in [0, 0.1) is 0 Å². The Balaban J connectivity index is 2.68. The molecule has 58 valence electrons. The summed E-state index contributed by atoms with van der Waals surface area (Å²) in [5.74, 6) is 0. The Bertz CT molecular complexity index is 533. The summed E-state index contributed by atoms with van der Waals surface area (Å²) in [6.45, 7) is 0. The van der Waals surface area contributed by atoms with Gasteiger partial charge in [-0.3, -0.25) is 0 Å². The van der Waals surface area contributed by atoms with Crippen molar-refractivity contribution in [2.45, 2.75) is 0 Å². The lowest BCUT2D eigenvalue weighted by atomic mass is 10.3. The fraction of sp³-hybridized carbons (Fsp3) is 0. The van der Waals surface area contributed by atoms with Crippen molar-refractivity contribution < 1.29 is 4.74 Å². The van der Waals surface area contributed by atoms with Crippen LogP contribution < -0.4 is 9.84 Å². The number of nitrogens with zero attached hydrogens (tertiary/aromatic N) is 4. The average Bonchev–Trinajstić information content (AvgIpc) is 2.62. The van der Waals surface area contributed by atoms with E-state index >= 15 is 0 Å². The molecule has 4 nitrogen and oxygen atoms in total. The molecule has 4 heteroatoms. The molecule has 0 saturated heterocycles. The minimum Gasteiger partial charge on any atom is -0.165 e. The molecule has 0 bridgehead atoms. The molecular formula is C8H6N4. The van der Waals surface area contributed by atoms with Crippen LogP contribution in [0.25, 0.3) is 11.0 Å². The van der Waals surface area contributed by atoms with Crippen LogP contribution in [-0.4, -0.2) is 9.61 Å². The van der Waals surface area contributed by atoms with Crippen LogP contribution in [0.3, 0.4) is 0 Å². The van der Waals surface area contributed by atoms with Crippen LogP contribution in [0.4, 0.5) is 0 Å². The molecule has 0 aliphatic heterocycles. The molecule has 0 fully saturated rings. The van der Waals surface area contributed by atoms with Gasteiger partial charge in [0.2, 0.25) is 0 Å². The fourth-order valence-corrected chi connectivity index (χ4v) is 1.36. The monoisotopic (exact) mass is 158 g/mol. The Morgan fingerprint density at radius 3 is 3.25 bits per heavy atom. The molecular weight excluding hydrogens is 152 g/mol. The van der Waals surface area contributed by atoms with Gasteiger partial charge in [-0.25, -0.2) is 0 Å². The van der Waals surface area contributed by atoms with Gasteiger partial charge in [-0.05, 0) is 16.9 Å². The molecule has 2 aromatic heterocycles. The first-order chi connectivity index (χ1) is 5.95. The van der Waals surface area contributed by atoms with Crippen molar-refractivity contribution in [2.24, 2.45) is 0 Å². The molecule has 12 heavy (non-hydrogen) atoms. The maximum atomic E-state index is 4.24. The summed E-state index contributed by atoms with van der Waals surface area (Å²) in [6, 6.07) is 7.94. The molecule has 0 aliphatic rings. The van der Waals surface area contributed by atoms with Crippen molar-refractivity contribution >= 4 is 11.0 Å². The highest BCUT2D eigenvalue weighted by atomic mass is 15.6. The number of rotatable bonds is 0. The molecule has 3 aromatic rings. The predicted molar refractivity (Wildman–Crippen MR) is 41.7 cm³/mol. The molecule has 0 spiro atoms. The third-order valence-electron chi connectivity index (χ3n) is 1.90. The number of hydrogen-bond acceptors (Lipinski definition) is 1. The third kappa shape index (κ3) is 0.567. The lowest BCUT2D eigenvalue weighted by Crippen LogP contribution is -2.32. The van der Waals surface area contributed by atoms with Crippen LogP contribution in [-0.2, 0) is 0 Å². The topological polar surface area (TPSA) is 35.5 Å². The predicted octanol–water partition coefficient (Wildman–Crippen LogP) is 0.0302. The van der Waals surface area contributed by atoms with Crippen molar-refractivity contribution in [1.29, 1.82) is 0 Å². The minimum atomic E-state index is 0.964. The first kappa shape index (κ1) is 5.77. The van der Waals surface area contributed by atoms with Gasteiger partial charge >= 0.3 is 0 Å². The van der Waals surface area contributed by atoms with Crippen LogP contribution >= 0.6 is 0 Å². The maximum absolute atomic E-state index is 4.24. The maximum Gasteiger partial charge on any atom is 0.0728 e. The zero-order valence-electron chi connectivity index (χ0n) is 6.25. The number of hydrogen-bond donors (Lipinski definition) is 0. The number of aromatic nitrogens is 4. The summed E-state index contributed by atoms with van der Waals surface area (Å²) in [6.07, 6.45) is 3.61.